The molecule has 4 rings (SSSR count). The van der Waals surface area contributed by atoms with E-state index >= 15 is 0 Å². The van der Waals surface area contributed by atoms with Gasteiger partial charge in [0.15, 0.2) is 0 Å². The molecule has 24 heavy (non-hydrogen) atoms. The summed E-state index contributed by atoms with van der Waals surface area (Å²) in [5.41, 5.74) is 3.59. The number of benzene rings is 1. The van der Waals surface area contributed by atoms with Crippen molar-refractivity contribution in [1.82, 2.24) is 9.36 Å². The van der Waals surface area contributed by atoms with Crippen LogP contribution in [0, 0.1) is 5.41 Å². The molecule has 0 saturated heterocycles. The van der Waals surface area contributed by atoms with Gasteiger partial charge in [0.2, 0.25) is 0 Å². The Labute approximate surface area is 143 Å². The Morgan fingerprint density at radius 1 is 1.21 bits per heavy atom. The van der Waals surface area contributed by atoms with Crippen molar-refractivity contribution in [3.8, 4) is 5.69 Å². The highest BCUT2D eigenvalue weighted by Gasteiger charge is 2.62. The Balaban J connectivity index is 2.00. The van der Waals surface area contributed by atoms with E-state index < -0.39 is 0 Å². The summed E-state index contributed by atoms with van der Waals surface area (Å²) in [5.74, 6) is 0.365. The minimum Gasteiger partial charge on any atom is -0.383 e. The van der Waals surface area contributed by atoms with E-state index in [9.17, 15) is 4.79 Å². The van der Waals surface area contributed by atoms with Crippen molar-refractivity contribution < 1.29 is 4.74 Å². The van der Waals surface area contributed by atoms with E-state index in [4.69, 9.17) is 4.74 Å². The zero-order valence-corrected chi connectivity index (χ0v) is 15.0. The lowest BCUT2D eigenvalue weighted by atomic mass is 9.70. The van der Waals surface area contributed by atoms with Crippen molar-refractivity contribution in [1.29, 1.82) is 0 Å². The van der Waals surface area contributed by atoms with Gasteiger partial charge in [-0.05, 0) is 36.3 Å². The first-order valence-corrected chi connectivity index (χ1v) is 8.84. The Morgan fingerprint density at radius 2 is 1.92 bits per heavy atom. The van der Waals surface area contributed by atoms with Crippen molar-refractivity contribution in [2.45, 2.75) is 51.5 Å². The highest BCUT2D eigenvalue weighted by molar-refractivity contribution is 5.47. The van der Waals surface area contributed by atoms with Crippen LogP contribution in [0.4, 0.5) is 0 Å². The van der Waals surface area contributed by atoms with Gasteiger partial charge in [0.25, 0.3) is 5.56 Å². The van der Waals surface area contributed by atoms with Crippen LogP contribution in [-0.2, 0) is 16.7 Å². The highest BCUT2D eigenvalue weighted by Crippen LogP contribution is 2.67. The molecule has 1 fully saturated rings. The summed E-state index contributed by atoms with van der Waals surface area (Å²) in [5, 5.41) is 0. The van der Waals surface area contributed by atoms with E-state index in [1.807, 2.05) is 35.0 Å². The number of para-hydroxylation sites is 1. The summed E-state index contributed by atoms with van der Waals surface area (Å²) in [7, 11) is 1.71. The predicted molar refractivity (Wildman–Crippen MR) is 95.0 cm³/mol. The third kappa shape index (κ3) is 1.75. The maximum absolute atomic E-state index is 13.4. The summed E-state index contributed by atoms with van der Waals surface area (Å²) >= 11 is 0. The molecular weight excluding hydrogens is 300 g/mol. The van der Waals surface area contributed by atoms with Gasteiger partial charge in [0.05, 0.1) is 24.5 Å². The molecule has 0 unspecified atom stereocenters. The lowest BCUT2D eigenvalue weighted by Crippen LogP contribution is -2.36. The van der Waals surface area contributed by atoms with Crippen molar-refractivity contribution in [2.75, 3.05) is 13.7 Å². The quantitative estimate of drug-likeness (QED) is 0.862. The number of rotatable bonds is 4. The van der Waals surface area contributed by atoms with Crippen LogP contribution in [-0.4, -0.2) is 23.1 Å². The van der Waals surface area contributed by atoms with Crippen LogP contribution in [0.15, 0.2) is 35.1 Å². The van der Waals surface area contributed by atoms with Crippen molar-refractivity contribution in [3.05, 3.63) is 51.9 Å². The molecule has 1 saturated carbocycles. The summed E-state index contributed by atoms with van der Waals surface area (Å²) < 4.78 is 9.40. The minimum atomic E-state index is 0.0555. The SMILES string of the molecule is COCCn1c2c(c(=O)n1-c1ccccc1)[C@H]1CC[C@]2(C)C1(C)C. The molecule has 0 spiro atoms. The van der Waals surface area contributed by atoms with E-state index in [0.717, 1.165) is 24.1 Å². The fourth-order valence-corrected chi connectivity index (χ4v) is 5.10. The lowest BCUT2D eigenvalue weighted by molar-refractivity contribution is 0.170. The smallest absolute Gasteiger partial charge is 0.275 e. The number of fused-ring (bicyclic) bond motifs is 5. The van der Waals surface area contributed by atoms with Crippen LogP contribution in [0.1, 0.15) is 50.8 Å². The lowest BCUT2D eigenvalue weighted by Gasteiger charge is -2.36. The number of hydrogen-bond acceptors (Lipinski definition) is 2. The molecule has 2 aromatic rings. The van der Waals surface area contributed by atoms with Crippen LogP contribution in [0.3, 0.4) is 0 Å². The first-order chi connectivity index (χ1) is 11.4. The van der Waals surface area contributed by atoms with Gasteiger partial charge in [-0.25, -0.2) is 4.68 Å². The van der Waals surface area contributed by atoms with E-state index in [-0.39, 0.29) is 16.4 Å². The molecule has 1 aromatic carbocycles. The average molecular weight is 326 g/mol. The van der Waals surface area contributed by atoms with Crippen LogP contribution in [0.25, 0.3) is 5.69 Å². The zero-order chi connectivity index (χ0) is 17.1. The topological polar surface area (TPSA) is 36.2 Å². The van der Waals surface area contributed by atoms with Gasteiger partial charge in [0, 0.05) is 18.1 Å². The first-order valence-electron chi connectivity index (χ1n) is 8.84. The molecule has 2 aliphatic carbocycles. The van der Waals surface area contributed by atoms with Crippen LogP contribution in [0.5, 0.6) is 0 Å². The molecule has 1 aromatic heterocycles. The Kier molecular flexibility index (Phi) is 3.33. The van der Waals surface area contributed by atoms with Gasteiger partial charge in [-0.2, -0.15) is 0 Å². The minimum absolute atomic E-state index is 0.0555. The highest BCUT2D eigenvalue weighted by atomic mass is 16.5. The normalized spacial score (nSPS) is 26.8. The predicted octanol–water partition coefficient (Wildman–Crippen LogP) is 3.46. The van der Waals surface area contributed by atoms with Gasteiger partial charge in [-0.15, -0.1) is 0 Å². The number of hydrogen-bond donors (Lipinski definition) is 0. The van der Waals surface area contributed by atoms with Gasteiger partial charge < -0.3 is 4.74 Å². The monoisotopic (exact) mass is 326 g/mol. The second-order valence-electron chi connectivity index (χ2n) is 7.98. The van der Waals surface area contributed by atoms with E-state index in [0.29, 0.717) is 19.1 Å². The molecule has 1 heterocycles. The fourth-order valence-electron chi connectivity index (χ4n) is 5.10. The molecular formula is C20H26N2O2. The summed E-state index contributed by atoms with van der Waals surface area (Å²) in [6, 6.07) is 9.98. The van der Waals surface area contributed by atoms with Gasteiger partial charge in [-0.1, -0.05) is 39.0 Å². The standard InChI is InChI=1S/C20H26N2O2/c1-19(2)15-10-11-20(19,3)17-16(15)18(23)22(21(17)12-13-24-4)14-8-6-5-7-9-14/h5-9,15H,10-13H2,1-4H3/t15-,20+/m1/s1. The molecule has 2 atom stereocenters. The summed E-state index contributed by atoms with van der Waals surface area (Å²) in [4.78, 5) is 13.4. The molecule has 128 valence electrons. The molecule has 2 bridgehead atoms. The Hall–Kier alpha value is -1.81. The van der Waals surface area contributed by atoms with Gasteiger partial charge >= 0.3 is 0 Å². The summed E-state index contributed by atoms with van der Waals surface area (Å²) in [6.45, 7) is 8.31. The molecule has 0 amide bonds. The Bertz CT molecular complexity index is 831. The zero-order valence-electron chi connectivity index (χ0n) is 15.0. The number of nitrogens with zero attached hydrogens (tertiary/aromatic N) is 2. The second kappa shape index (κ2) is 5.09. The number of methoxy groups -OCH3 is 1. The van der Waals surface area contributed by atoms with Crippen molar-refractivity contribution >= 4 is 0 Å². The Morgan fingerprint density at radius 3 is 2.58 bits per heavy atom. The van der Waals surface area contributed by atoms with Crippen molar-refractivity contribution in [2.24, 2.45) is 5.41 Å². The second-order valence-corrected chi connectivity index (χ2v) is 7.98. The van der Waals surface area contributed by atoms with Crippen molar-refractivity contribution in [3.63, 3.8) is 0 Å². The molecule has 2 aliphatic rings. The molecule has 0 N–H and O–H groups in total. The first kappa shape index (κ1) is 15.7. The van der Waals surface area contributed by atoms with E-state index in [1.165, 1.54) is 5.69 Å². The van der Waals surface area contributed by atoms with E-state index in [1.54, 1.807) is 7.11 Å². The largest absolute Gasteiger partial charge is 0.383 e. The third-order valence-corrected chi connectivity index (χ3v) is 6.78. The third-order valence-electron chi connectivity index (χ3n) is 6.78. The fraction of sp³-hybridized carbons (Fsp3) is 0.550. The maximum Gasteiger partial charge on any atom is 0.275 e. The van der Waals surface area contributed by atoms with Crippen LogP contribution in [0.2, 0.25) is 0 Å². The molecule has 4 nitrogen and oxygen atoms in total. The van der Waals surface area contributed by atoms with Crippen LogP contribution < -0.4 is 5.56 Å². The van der Waals surface area contributed by atoms with Gasteiger partial charge in [-0.3, -0.25) is 9.48 Å². The maximum atomic E-state index is 13.4. The summed E-state index contributed by atoms with van der Waals surface area (Å²) in [6.07, 6.45) is 2.28. The van der Waals surface area contributed by atoms with Crippen LogP contribution >= 0.6 is 0 Å². The number of aromatic nitrogens is 2. The number of ether oxygens (including phenoxy) is 1. The van der Waals surface area contributed by atoms with E-state index in [2.05, 4.69) is 25.5 Å². The molecule has 4 heteroatoms. The van der Waals surface area contributed by atoms with Gasteiger partial charge in [0.1, 0.15) is 0 Å². The average Bonchev–Trinajstić information content (AvgIpc) is 3.05. The molecule has 0 radical (unpaired) electrons. The molecule has 0 aliphatic heterocycles.